The van der Waals surface area contributed by atoms with Crippen LogP contribution in [0.5, 0.6) is 0 Å². The Morgan fingerprint density at radius 2 is 1.82 bits per heavy atom. The number of nitrogens with one attached hydrogen (secondary N) is 1. The van der Waals surface area contributed by atoms with Crippen molar-refractivity contribution in [1.82, 2.24) is 9.71 Å². The Morgan fingerprint density at radius 3 is 2.27 bits per heavy atom. The van der Waals surface area contributed by atoms with Gasteiger partial charge in [-0.1, -0.05) is 23.5 Å². The molecule has 2 rings (SSSR count). The molecule has 1 heterocycles. The van der Waals surface area contributed by atoms with Gasteiger partial charge in [0.05, 0.1) is 9.98 Å². The summed E-state index contributed by atoms with van der Waals surface area (Å²) in [6.07, 6.45) is -3.72. The van der Waals surface area contributed by atoms with Crippen molar-refractivity contribution in [2.75, 3.05) is 0 Å². The Kier molecular flexibility index (Phi) is 4.90. The first-order valence-electron chi connectivity index (χ1n) is 5.55. The third-order valence-corrected chi connectivity index (χ3v) is 5.78. The molecule has 0 radical (unpaired) electrons. The molecule has 0 amide bonds. The zero-order valence-corrected chi connectivity index (χ0v) is 13.7. The van der Waals surface area contributed by atoms with Crippen molar-refractivity contribution in [2.45, 2.75) is 16.6 Å². The Hall–Kier alpha value is -1.04. The van der Waals surface area contributed by atoms with Crippen LogP contribution in [0.3, 0.4) is 0 Å². The van der Waals surface area contributed by atoms with Crippen molar-refractivity contribution >= 4 is 37.3 Å². The number of hydrogen-bond acceptors (Lipinski definition) is 4. The molecule has 1 aromatic heterocycles. The van der Waals surface area contributed by atoms with Gasteiger partial charge in [-0.05, 0) is 33.6 Å². The van der Waals surface area contributed by atoms with Gasteiger partial charge in [0.2, 0.25) is 4.34 Å². The highest BCUT2D eigenvalue weighted by atomic mass is 79.9. The molecule has 1 N–H and O–H groups in total. The molecule has 0 aliphatic carbocycles. The lowest BCUT2D eigenvalue weighted by molar-refractivity contribution is -0.153. The number of halogens is 5. The van der Waals surface area contributed by atoms with E-state index in [0.717, 1.165) is 24.3 Å². The van der Waals surface area contributed by atoms with Gasteiger partial charge in [-0.2, -0.15) is 17.9 Å². The summed E-state index contributed by atoms with van der Waals surface area (Å²) in [6, 6.07) is 0.882. The van der Waals surface area contributed by atoms with Crippen LogP contribution in [-0.2, 0) is 10.0 Å². The van der Waals surface area contributed by atoms with Gasteiger partial charge < -0.3 is 0 Å². The normalized spacial score (nSPS) is 14.0. The third kappa shape index (κ3) is 4.03. The summed E-state index contributed by atoms with van der Waals surface area (Å²) < 4.78 is 77.5. The van der Waals surface area contributed by atoms with E-state index in [1.807, 2.05) is 0 Å². The van der Waals surface area contributed by atoms with Crippen molar-refractivity contribution in [1.29, 1.82) is 0 Å². The first-order valence-corrected chi connectivity index (χ1v) is 8.65. The Morgan fingerprint density at radius 1 is 1.23 bits per heavy atom. The average molecular weight is 419 g/mol. The van der Waals surface area contributed by atoms with Crippen LogP contribution in [0.2, 0.25) is 0 Å². The molecule has 0 aliphatic heterocycles. The number of benzene rings is 1. The van der Waals surface area contributed by atoms with E-state index < -0.39 is 38.0 Å². The number of rotatable bonds is 4. The van der Waals surface area contributed by atoms with Gasteiger partial charge >= 0.3 is 6.18 Å². The lowest BCUT2D eigenvalue weighted by Gasteiger charge is -2.21. The zero-order valence-electron chi connectivity index (χ0n) is 10.4. The van der Waals surface area contributed by atoms with Crippen LogP contribution in [0.15, 0.2) is 38.6 Å². The second-order valence-electron chi connectivity index (χ2n) is 4.08. The monoisotopic (exact) mass is 418 g/mol. The predicted octanol–water partition coefficient (Wildman–Crippen LogP) is 3.63. The highest BCUT2D eigenvalue weighted by Gasteiger charge is 2.44. The summed E-state index contributed by atoms with van der Waals surface area (Å²) in [6.45, 7) is 0. The molecule has 0 bridgehead atoms. The van der Waals surface area contributed by atoms with E-state index in [9.17, 15) is 26.0 Å². The molecule has 22 heavy (non-hydrogen) atoms. The molecule has 0 saturated heterocycles. The van der Waals surface area contributed by atoms with Gasteiger partial charge in [0.1, 0.15) is 11.9 Å². The van der Waals surface area contributed by atoms with Crippen LogP contribution in [0.25, 0.3) is 0 Å². The Labute approximate surface area is 135 Å². The maximum atomic E-state index is 13.1. The smallest absolute Gasteiger partial charge is 0.231 e. The zero-order chi connectivity index (χ0) is 16.5. The minimum Gasteiger partial charge on any atom is -0.231 e. The van der Waals surface area contributed by atoms with Crippen molar-refractivity contribution in [3.8, 4) is 0 Å². The second kappa shape index (κ2) is 6.22. The minimum atomic E-state index is -4.89. The van der Waals surface area contributed by atoms with Gasteiger partial charge in [0.25, 0.3) is 10.0 Å². The summed E-state index contributed by atoms with van der Waals surface area (Å²) in [4.78, 5) is 3.52. The molecule has 0 aliphatic rings. The second-order valence-corrected chi connectivity index (χ2v) is 8.38. The molecule has 0 spiro atoms. The third-order valence-electron chi connectivity index (χ3n) is 2.49. The van der Waals surface area contributed by atoms with Crippen LogP contribution in [-0.4, -0.2) is 19.6 Å². The fourth-order valence-corrected chi connectivity index (χ4v) is 4.53. The molecule has 120 valence electrons. The van der Waals surface area contributed by atoms with E-state index in [4.69, 9.17) is 0 Å². The topological polar surface area (TPSA) is 59.1 Å². The average Bonchev–Trinajstić information content (AvgIpc) is 2.84. The van der Waals surface area contributed by atoms with Crippen LogP contribution >= 0.6 is 27.3 Å². The maximum absolute atomic E-state index is 13.1. The number of sulfonamides is 1. The lowest BCUT2D eigenvalue weighted by Crippen LogP contribution is -2.38. The standard InChI is InChI=1S/C11H7BrF4N2O2S2/c12-8-5-17-10(21-8)22(19,20)18-9(11(14,15)16)6-1-3-7(13)4-2-6/h1-5,9,18H. The fraction of sp³-hybridized carbons (Fsp3) is 0.182. The number of hydrogen-bond donors (Lipinski definition) is 1. The van der Waals surface area contributed by atoms with E-state index in [1.165, 1.54) is 6.20 Å². The molecule has 4 nitrogen and oxygen atoms in total. The minimum absolute atomic E-state index is 0.359. The summed E-state index contributed by atoms with van der Waals surface area (Å²) in [5.74, 6) is -0.726. The first-order chi connectivity index (χ1) is 10.1. The van der Waals surface area contributed by atoms with E-state index in [0.29, 0.717) is 15.1 Å². The molecule has 1 aromatic carbocycles. The lowest BCUT2D eigenvalue weighted by atomic mass is 10.1. The van der Waals surface area contributed by atoms with Gasteiger partial charge in [0, 0.05) is 0 Å². The van der Waals surface area contributed by atoms with E-state index in [-0.39, 0.29) is 0 Å². The Bertz CT molecular complexity index is 759. The number of alkyl halides is 3. The van der Waals surface area contributed by atoms with Crippen LogP contribution < -0.4 is 4.72 Å². The van der Waals surface area contributed by atoms with Crippen LogP contribution in [0.4, 0.5) is 17.6 Å². The van der Waals surface area contributed by atoms with E-state index in [1.54, 1.807) is 4.72 Å². The number of aromatic nitrogens is 1. The van der Waals surface area contributed by atoms with E-state index in [2.05, 4.69) is 20.9 Å². The summed E-state index contributed by atoms with van der Waals surface area (Å²) in [5.41, 5.74) is -0.423. The highest BCUT2D eigenvalue weighted by molar-refractivity contribution is 9.11. The molecule has 2 aromatic rings. The van der Waals surface area contributed by atoms with Crippen LogP contribution in [0.1, 0.15) is 11.6 Å². The van der Waals surface area contributed by atoms with Crippen molar-refractivity contribution in [2.24, 2.45) is 0 Å². The summed E-state index contributed by atoms with van der Waals surface area (Å²) in [5, 5.41) is 0. The van der Waals surface area contributed by atoms with Gasteiger partial charge in [-0.25, -0.2) is 17.8 Å². The largest absolute Gasteiger partial charge is 0.408 e. The van der Waals surface area contributed by atoms with Crippen LogP contribution in [0, 0.1) is 5.82 Å². The fourth-order valence-electron chi connectivity index (χ4n) is 1.55. The molecule has 11 heteroatoms. The number of thiazole rings is 1. The maximum Gasteiger partial charge on any atom is 0.408 e. The molecule has 1 unspecified atom stereocenters. The summed E-state index contributed by atoms with van der Waals surface area (Å²) in [7, 11) is -4.47. The molecule has 0 saturated carbocycles. The van der Waals surface area contributed by atoms with Gasteiger partial charge in [-0.15, -0.1) is 0 Å². The molecular formula is C11H7BrF4N2O2S2. The van der Waals surface area contributed by atoms with Gasteiger partial charge in [-0.3, -0.25) is 0 Å². The van der Waals surface area contributed by atoms with Crippen molar-refractivity contribution in [3.05, 3.63) is 45.6 Å². The predicted molar refractivity (Wildman–Crippen MR) is 75.3 cm³/mol. The number of nitrogens with zero attached hydrogens (tertiary/aromatic N) is 1. The highest BCUT2D eigenvalue weighted by Crippen LogP contribution is 2.34. The SMILES string of the molecule is O=S(=O)(NC(c1ccc(F)cc1)C(F)(F)F)c1ncc(Br)s1. The quantitative estimate of drug-likeness (QED) is 0.771. The first kappa shape index (κ1) is 17.3. The molecular weight excluding hydrogens is 412 g/mol. The summed E-state index contributed by atoms with van der Waals surface area (Å²) >= 11 is 3.66. The molecule has 0 fully saturated rings. The van der Waals surface area contributed by atoms with Crippen molar-refractivity contribution in [3.63, 3.8) is 0 Å². The van der Waals surface area contributed by atoms with Gasteiger partial charge in [0.15, 0.2) is 0 Å². The Balaban J connectivity index is 2.37. The van der Waals surface area contributed by atoms with E-state index >= 15 is 0 Å². The van der Waals surface area contributed by atoms with Crippen molar-refractivity contribution < 1.29 is 26.0 Å². The molecule has 1 atom stereocenters.